The monoisotopic (exact) mass is 517 g/mol. The Morgan fingerprint density at radius 1 is 1.08 bits per heavy atom. The number of hydrogen-bond acceptors (Lipinski definition) is 6. The third-order valence-electron chi connectivity index (χ3n) is 7.44. The van der Waals surface area contributed by atoms with Gasteiger partial charge in [-0.2, -0.15) is 0 Å². The summed E-state index contributed by atoms with van der Waals surface area (Å²) in [6.07, 6.45) is 6.82. The number of hydrogen-bond donors (Lipinski definition) is 3. The van der Waals surface area contributed by atoms with Crippen molar-refractivity contribution >= 4 is 35.0 Å². The Balaban J connectivity index is 1.42. The van der Waals surface area contributed by atoms with Gasteiger partial charge in [0.15, 0.2) is 0 Å². The van der Waals surface area contributed by atoms with E-state index in [-0.39, 0.29) is 17.7 Å². The number of methoxy groups -OCH3 is 1. The van der Waals surface area contributed by atoms with Gasteiger partial charge in [-0.1, -0.05) is 24.3 Å². The first-order valence-corrected chi connectivity index (χ1v) is 13.4. The van der Waals surface area contributed by atoms with Gasteiger partial charge in [0.05, 0.1) is 18.0 Å². The van der Waals surface area contributed by atoms with Crippen LogP contribution in [-0.4, -0.2) is 70.4 Å². The van der Waals surface area contributed by atoms with Gasteiger partial charge in [-0.15, -0.1) is 0 Å². The number of likely N-dealkylation sites (tertiary alicyclic amines) is 1. The molecule has 0 spiro atoms. The number of nitrogens with one attached hydrogen (secondary N) is 3. The first kappa shape index (κ1) is 27.4. The molecule has 2 fully saturated rings. The van der Waals surface area contributed by atoms with Gasteiger partial charge in [-0.3, -0.25) is 9.59 Å². The number of carbonyl (C=O) groups is 2. The number of piperidine rings is 1. The van der Waals surface area contributed by atoms with Crippen LogP contribution >= 0.6 is 0 Å². The van der Waals surface area contributed by atoms with Crippen molar-refractivity contribution in [1.29, 1.82) is 5.41 Å². The zero-order valence-corrected chi connectivity index (χ0v) is 22.6. The predicted octanol–water partition coefficient (Wildman–Crippen LogP) is 4.35. The molecule has 8 heteroatoms. The fraction of sp³-hybridized carbons (Fsp3) is 0.433. The summed E-state index contributed by atoms with van der Waals surface area (Å²) in [5, 5.41) is 13.7. The summed E-state index contributed by atoms with van der Waals surface area (Å²) in [6.45, 7) is 2.63. The molecule has 0 unspecified atom stereocenters. The van der Waals surface area contributed by atoms with E-state index in [1.807, 2.05) is 48.3 Å². The van der Waals surface area contributed by atoms with Crippen LogP contribution in [0.5, 0.6) is 0 Å². The Labute approximate surface area is 225 Å². The summed E-state index contributed by atoms with van der Waals surface area (Å²) in [4.78, 5) is 30.0. The Morgan fingerprint density at radius 2 is 1.76 bits per heavy atom. The third kappa shape index (κ3) is 6.61. The van der Waals surface area contributed by atoms with Crippen LogP contribution in [-0.2, 0) is 9.53 Å². The number of benzene rings is 2. The van der Waals surface area contributed by atoms with Crippen molar-refractivity contribution < 1.29 is 14.3 Å². The van der Waals surface area contributed by atoms with Crippen LogP contribution in [0.25, 0.3) is 5.57 Å². The first-order valence-electron chi connectivity index (χ1n) is 13.4. The van der Waals surface area contributed by atoms with Crippen molar-refractivity contribution in [1.82, 2.24) is 10.2 Å². The molecule has 4 rings (SSSR count). The summed E-state index contributed by atoms with van der Waals surface area (Å²) in [7, 11) is 5.46. The van der Waals surface area contributed by atoms with Gasteiger partial charge in [-0.05, 0) is 60.9 Å². The van der Waals surface area contributed by atoms with Gasteiger partial charge in [0, 0.05) is 70.3 Å². The number of carbonyl (C=O) groups excluding carboxylic acids is 2. The molecule has 1 saturated carbocycles. The molecule has 2 aromatic carbocycles. The summed E-state index contributed by atoms with van der Waals surface area (Å²) in [5.41, 5.74) is 5.26. The average Bonchev–Trinajstić information content (AvgIpc) is 3.80. The number of ether oxygens (including phenoxy) is 1. The van der Waals surface area contributed by atoms with Crippen molar-refractivity contribution in [3.63, 3.8) is 0 Å². The van der Waals surface area contributed by atoms with Crippen molar-refractivity contribution in [3.8, 4) is 0 Å². The molecule has 0 atom stereocenters. The van der Waals surface area contributed by atoms with Gasteiger partial charge in [0.25, 0.3) is 5.91 Å². The van der Waals surface area contributed by atoms with E-state index in [0.29, 0.717) is 43.4 Å². The number of allylic oxidation sites excluding steroid dienone is 1. The predicted molar refractivity (Wildman–Crippen MR) is 153 cm³/mol. The van der Waals surface area contributed by atoms with E-state index in [1.54, 1.807) is 7.11 Å². The minimum Gasteiger partial charge on any atom is -0.393 e. The quantitative estimate of drug-likeness (QED) is 0.385. The zero-order chi connectivity index (χ0) is 27.1. The standard InChI is InChI=1S/C30H39N5O3/c1-32-20-26(19-31)22-6-4-21(5-7-22)23-12-14-35(15-13-23)30(37)25-10-11-28(34(2)16-17-38-3)27(18-25)33-29(36)24-8-9-24/h4-7,10-11,18-20,23-24,31-32H,8-9,12-17H2,1-3H3,(H,33,36)/b26-20+,31-19?. The molecule has 0 radical (unpaired) electrons. The van der Waals surface area contributed by atoms with E-state index in [9.17, 15) is 9.59 Å². The number of nitrogens with zero attached hydrogens (tertiary/aromatic N) is 2. The number of likely N-dealkylation sites (N-methyl/N-ethyl adjacent to an activating group) is 1. The normalized spacial score (nSPS) is 16.2. The lowest BCUT2D eigenvalue weighted by molar-refractivity contribution is -0.117. The van der Waals surface area contributed by atoms with Gasteiger partial charge in [0.2, 0.25) is 5.91 Å². The molecule has 0 aromatic heterocycles. The Kier molecular flexibility index (Phi) is 9.18. The zero-order valence-electron chi connectivity index (χ0n) is 22.6. The molecule has 38 heavy (non-hydrogen) atoms. The fourth-order valence-electron chi connectivity index (χ4n) is 4.94. The highest BCUT2D eigenvalue weighted by Crippen LogP contribution is 2.34. The number of anilines is 2. The van der Waals surface area contributed by atoms with Crippen molar-refractivity contribution in [2.75, 3.05) is 57.7 Å². The highest BCUT2D eigenvalue weighted by atomic mass is 16.5. The maximum absolute atomic E-state index is 13.4. The molecule has 202 valence electrons. The molecule has 1 aliphatic heterocycles. The van der Waals surface area contributed by atoms with Crippen molar-refractivity contribution in [3.05, 3.63) is 65.4 Å². The fourth-order valence-corrected chi connectivity index (χ4v) is 4.94. The summed E-state index contributed by atoms with van der Waals surface area (Å²) < 4.78 is 5.21. The van der Waals surface area contributed by atoms with Gasteiger partial charge in [-0.25, -0.2) is 0 Å². The van der Waals surface area contributed by atoms with E-state index in [1.165, 1.54) is 11.8 Å². The second-order valence-electron chi connectivity index (χ2n) is 10.1. The molecular weight excluding hydrogens is 478 g/mol. The highest BCUT2D eigenvalue weighted by Gasteiger charge is 2.31. The van der Waals surface area contributed by atoms with Crippen molar-refractivity contribution in [2.24, 2.45) is 5.92 Å². The van der Waals surface area contributed by atoms with E-state index >= 15 is 0 Å². The van der Waals surface area contributed by atoms with Gasteiger partial charge >= 0.3 is 0 Å². The Morgan fingerprint density at radius 3 is 2.37 bits per heavy atom. The topological polar surface area (TPSA) is 97.8 Å². The molecular formula is C30H39N5O3. The second kappa shape index (κ2) is 12.7. The molecule has 0 bridgehead atoms. The largest absolute Gasteiger partial charge is 0.393 e. The number of rotatable bonds is 11. The van der Waals surface area contributed by atoms with E-state index in [2.05, 4.69) is 34.9 Å². The smallest absolute Gasteiger partial charge is 0.253 e. The molecule has 1 saturated heterocycles. The van der Waals surface area contributed by atoms with Crippen LogP contribution in [0, 0.1) is 11.3 Å². The molecule has 2 aromatic rings. The lowest BCUT2D eigenvalue weighted by atomic mass is 9.88. The van der Waals surface area contributed by atoms with Gasteiger partial charge in [0.1, 0.15) is 0 Å². The summed E-state index contributed by atoms with van der Waals surface area (Å²) >= 11 is 0. The Bertz CT molecular complexity index is 1160. The highest BCUT2D eigenvalue weighted by molar-refractivity contribution is 6.08. The summed E-state index contributed by atoms with van der Waals surface area (Å²) in [6, 6.07) is 14.0. The summed E-state index contributed by atoms with van der Waals surface area (Å²) in [5.74, 6) is 0.502. The van der Waals surface area contributed by atoms with Crippen LogP contribution in [0.1, 0.15) is 53.1 Å². The maximum atomic E-state index is 13.4. The SMILES string of the molecule is CN/C=C(\C=N)c1ccc(C2CCN(C(=O)c3ccc(N(C)CCOC)c(NC(=O)C4CC4)c3)CC2)cc1. The molecule has 2 aliphatic rings. The van der Waals surface area contributed by atoms with E-state index in [4.69, 9.17) is 10.1 Å². The van der Waals surface area contributed by atoms with E-state index < -0.39 is 0 Å². The lowest BCUT2D eigenvalue weighted by Gasteiger charge is -2.32. The molecule has 1 aliphatic carbocycles. The van der Waals surface area contributed by atoms with Gasteiger partial charge < -0.3 is 30.6 Å². The van der Waals surface area contributed by atoms with Crippen LogP contribution in [0.4, 0.5) is 11.4 Å². The average molecular weight is 518 g/mol. The van der Waals surface area contributed by atoms with Crippen molar-refractivity contribution in [2.45, 2.75) is 31.6 Å². The molecule has 2 amide bonds. The lowest BCUT2D eigenvalue weighted by Crippen LogP contribution is -2.38. The molecule has 1 heterocycles. The van der Waals surface area contributed by atoms with Crippen LogP contribution in [0.2, 0.25) is 0 Å². The van der Waals surface area contributed by atoms with Crippen LogP contribution < -0.4 is 15.5 Å². The van der Waals surface area contributed by atoms with Crippen LogP contribution in [0.15, 0.2) is 48.7 Å². The maximum Gasteiger partial charge on any atom is 0.253 e. The van der Waals surface area contributed by atoms with Crippen LogP contribution in [0.3, 0.4) is 0 Å². The second-order valence-corrected chi connectivity index (χ2v) is 10.1. The first-order chi connectivity index (χ1) is 18.4. The molecule has 3 N–H and O–H groups in total. The number of amides is 2. The minimum absolute atomic E-state index is 0.000332. The molecule has 8 nitrogen and oxygen atoms in total. The van der Waals surface area contributed by atoms with E-state index in [0.717, 1.165) is 42.5 Å². The minimum atomic E-state index is -0.000332. The Hall–Kier alpha value is -3.65. The third-order valence-corrected chi connectivity index (χ3v) is 7.44.